The predicted octanol–water partition coefficient (Wildman–Crippen LogP) is 5.20. The van der Waals surface area contributed by atoms with Gasteiger partial charge in [0.15, 0.2) is 0 Å². The molecule has 0 unspecified atom stereocenters. The van der Waals surface area contributed by atoms with Crippen LogP contribution in [0.3, 0.4) is 0 Å². The molecular formula is C23H22ClN3O2. The summed E-state index contributed by atoms with van der Waals surface area (Å²) in [6.07, 6.45) is 1.87. The van der Waals surface area contributed by atoms with E-state index in [9.17, 15) is 10.2 Å². The van der Waals surface area contributed by atoms with Crippen molar-refractivity contribution in [2.75, 3.05) is 5.32 Å². The Kier molecular flexibility index (Phi) is 4.94. The van der Waals surface area contributed by atoms with E-state index >= 15 is 0 Å². The van der Waals surface area contributed by atoms with E-state index < -0.39 is 5.60 Å². The van der Waals surface area contributed by atoms with Crippen LogP contribution >= 0.6 is 11.6 Å². The summed E-state index contributed by atoms with van der Waals surface area (Å²) in [6, 6.07) is 18.5. The van der Waals surface area contributed by atoms with Gasteiger partial charge in [-0.2, -0.15) is 0 Å². The number of halogens is 1. The standard InChI is InChI=1S/C23H22ClN3O2/c1-23(2,29)16-10-11-20-26-21(18-8-3-4-9-19(18)28)22(27(20)14-16)25-13-15-6-5-7-17(24)12-15/h3-12,14,25,28-29H,13H2,1-2H3. The van der Waals surface area contributed by atoms with Crippen molar-refractivity contribution in [3.8, 4) is 17.0 Å². The highest BCUT2D eigenvalue weighted by Crippen LogP contribution is 2.35. The van der Waals surface area contributed by atoms with Crippen molar-refractivity contribution >= 4 is 23.1 Å². The molecule has 0 aliphatic heterocycles. The first-order valence-electron chi connectivity index (χ1n) is 9.34. The molecule has 4 rings (SSSR count). The summed E-state index contributed by atoms with van der Waals surface area (Å²) in [6.45, 7) is 4.02. The second kappa shape index (κ2) is 7.43. The number of phenolic OH excluding ortho intramolecular Hbond substituents is 1. The number of fused-ring (bicyclic) bond motifs is 1. The highest BCUT2D eigenvalue weighted by atomic mass is 35.5. The van der Waals surface area contributed by atoms with Gasteiger partial charge in [-0.3, -0.25) is 4.40 Å². The molecule has 2 aromatic heterocycles. The fourth-order valence-corrected chi connectivity index (χ4v) is 3.48. The van der Waals surface area contributed by atoms with Crippen molar-refractivity contribution in [1.82, 2.24) is 9.38 Å². The maximum Gasteiger partial charge on any atom is 0.139 e. The summed E-state index contributed by atoms with van der Waals surface area (Å²) in [7, 11) is 0. The van der Waals surface area contributed by atoms with Gasteiger partial charge < -0.3 is 15.5 Å². The van der Waals surface area contributed by atoms with Crippen LogP contribution in [0.2, 0.25) is 5.02 Å². The predicted molar refractivity (Wildman–Crippen MR) is 116 cm³/mol. The van der Waals surface area contributed by atoms with E-state index in [-0.39, 0.29) is 5.75 Å². The van der Waals surface area contributed by atoms with Gasteiger partial charge in [-0.15, -0.1) is 0 Å². The van der Waals surface area contributed by atoms with E-state index in [1.807, 2.05) is 59.1 Å². The Hall–Kier alpha value is -3.02. The minimum Gasteiger partial charge on any atom is -0.507 e. The lowest BCUT2D eigenvalue weighted by Crippen LogP contribution is -2.16. The molecule has 0 amide bonds. The van der Waals surface area contributed by atoms with E-state index in [4.69, 9.17) is 16.6 Å². The first-order valence-corrected chi connectivity index (χ1v) is 9.72. The van der Waals surface area contributed by atoms with Crippen molar-refractivity contribution < 1.29 is 10.2 Å². The smallest absolute Gasteiger partial charge is 0.139 e. The monoisotopic (exact) mass is 407 g/mol. The number of nitrogens with one attached hydrogen (secondary N) is 1. The third-order valence-electron chi connectivity index (χ3n) is 4.83. The molecule has 3 N–H and O–H groups in total. The highest BCUT2D eigenvalue weighted by molar-refractivity contribution is 6.30. The van der Waals surface area contributed by atoms with Gasteiger partial charge in [0.25, 0.3) is 0 Å². The van der Waals surface area contributed by atoms with E-state index in [0.29, 0.717) is 28.5 Å². The molecule has 0 atom stereocenters. The largest absolute Gasteiger partial charge is 0.507 e. The number of benzene rings is 2. The molecule has 5 nitrogen and oxygen atoms in total. The number of para-hydroxylation sites is 1. The summed E-state index contributed by atoms with van der Waals surface area (Å²) in [4.78, 5) is 4.73. The average molecular weight is 408 g/mol. The zero-order valence-electron chi connectivity index (χ0n) is 16.2. The second-order valence-corrected chi connectivity index (χ2v) is 7.95. The van der Waals surface area contributed by atoms with E-state index in [2.05, 4.69) is 5.32 Å². The molecule has 0 radical (unpaired) electrons. The van der Waals surface area contributed by atoms with Gasteiger partial charge >= 0.3 is 0 Å². The number of phenols is 1. The Balaban J connectivity index is 1.85. The fraction of sp³-hybridized carbons (Fsp3) is 0.174. The zero-order chi connectivity index (χ0) is 20.6. The average Bonchev–Trinajstić information content (AvgIpc) is 3.03. The summed E-state index contributed by atoms with van der Waals surface area (Å²) in [5.41, 5.74) is 2.78. The number of aromatic nitrogens is 2. The third kappa shape index (κ3) is 3.92. The minimum atomic E-state index is -0.988. The van der Waals surface area contributed by atoms with Crippen molar-refractivity contribution in [3.05, 3.63) is 83.0 Å². The SMILES string of the molecule is CC(C)(O)c1ccc2nc(-c3ccccc3O)c(NCc3cccc(Cl)c3)n2c1. The van der Waals surface area contributed by atoms with Crippen molar-refractivity contribution in [2.45, 2.75) is 26.0 Å². The second-order valence-electron chi connectivity index (χ2n) is 7.51. The summed E-state index contributed by atoms with van der Waals surface area (Å²) in [5.74, 6) is 0.886. The third-order valence-corrected chi connectivity index (χ3v) is 5.07. The van der Waals surface area contributed by atoms with Gasteiger partial charge in [-0.25, -0.2) is 4.98 Å². The van der Waals surface area contributed by atoms with Crippen LogP contribution in [0.5, 0.6) is 5.75 Å². The number of imidazole rings is 1. The van der Waals surface area contributed by atoms with E-state index in [0.717, 1.165) is 16.9 Å². The van der Waals surface area contributed by atoms with E-state index in [1.54, 1.807) is 26.0 Å². The lowest BCUT2D eigenvalue weighted by Gasteiger charge is -2.18. The molecule has 4 aromatic rings. The molecule has 0 aliphatic carbocycles. The van der Waals surface area contributed by atoms with Crippen LogP contribution in [0.1, 0.15) is 25.0 Å². The molecule has 0 spiro atoms. The van der Waals surface area contributed by atoms with Crippen LogP contribution < -0.4 is 5.32 Å². The molecule has 148 valence electrons. The molecule has 0 saturated carbocycles. The van der Waals surface area contributed by atoms with Crippen molar-refractivity contribution in [1.29, 1.82) is 0 Å². The van der Waals surface area contributed by atoms with Crippen LogP contribution in [-0.4, -0.2) is 19.6 Å². The van der Waals surface area contributed by atoms with Gasteiger partial charge in [-0.05, 0) is 55.3 Å². The van der Waals surface area contributed by atoms with Gasteiger partial charge in [0, 0.05) is 23.3 Å². The first kappa shape index (κ1) is 19.3. The molecule has 0 fully saturated rings. The maximum atomic E-state index is 10.4. The van der Waals surface area contributed by atoms with Crippen LogP contribution in [0.15, 0.2) is 66.9 Å². The number of aromatic hydroxyl groups is 1. The van der Waals surface area contributed by atoms with Crippen molar-refractivity contribution in [2.24, 2.45) is 0 Å². The number of aliphatic hydroxyl groups is 1. The van der Waals surface area contributed by atoms with Crippen molar-refractivity contribution in [3.63, 3.8) is 0 Å². The fourth-order valence-electron chi connectivity index (χ4n) is 3.27. The molecular weight excluding hydrogens is 386 g/mol. The molecule has 29 heavy (non-hydrogen) atoms. The normalized spacial score (nSPS) is 11.7. The van der Waals surface area contributed by atoms with Gasteiger partial charge in [0.05, 0.1) is 5.60 Å². The zero-order valence-corrected chi connectivity index (χ0v) is 17.0. The number of pyridine rings is 1. The number of nitrogens with zero attached hydrogens (tertiary/aromatic N) is 2. The lowest BCUT2D eigenvalue weighted by molar-refractivity contribution is 0.0782. The van der Waals surface area contributed by atoms with Crippen LogP contribution in [0.4, 0.5) is 5.82 Å². The Morgan fingerprint density at radius 2 is 1.86 bits per heavy atom. The molecule has 0 bridgehead atoms. The molecule has 0 saturated heterocycles. The molecule has 2 aromatic carbocycles. The first-order chi connectivity index (χ1) is 13.8. The Morgan fingerprint density at radius 3 is 2.59 bits per heavy atom. The molecule has 2 heterocycles. The van der Waals surface area contributed by atoms with Crippen LogP contribution in [0, 0.1) is 0 Å². The summed E-state index contributed by atoms with van der Waals surface area (Å²) < 4.78 is 1.90. The Morgan fingerprint density at radius 1 is 1.07 bits per heavy atom. The molecule has 0 aliphatic rings. The quantitative estimate of drug-likeness (QED) is 0.425. The maximum absolute atomic E-state index is 10.4. The topological polar surface area (TPSA) is 69.8 Å². The highest BCUT2D eigenvalue weighted by Gasteiger charge is 2.21. The van der Waals surface area contributed by atoms with Gasteiger partial charge in [0.2, 0.25) is 0 Å². The minimum absolute atomic E-state index is 0.157. The Labute approximate surface area is 174 Å². The van der Waals surface area contributed by atoms with Crippen LogP contribution in [-0.2, 0) is 12.1 Å². The lowest BCUT2D eigenvalue weighted by atomic mass is 10.0. The van der Waals surface area contributed by atoms with Crippen LogP contribution in [0.25, 0.3) is 16.9 Å². The summed E-state index contributed by atoms with van der Waals surface area (Å²) >= 11 is 6.11. The van der Waals surface area contributed by atoms with E-state index in [1.165, 1.54) is 0 Å². The van der Waals surface area contributed by atoms with Gasteiger partial charge in [-0.1, -0.05) is 41.9 Å². The number of rotatable bonds is 5. The Bertz CT molecular complexity index is 1180. The number of hydrogen-bond acceptors (Lipinski definition) is 4. The number of anilines is 1. The summed E-state index contributed by atoms with van der Waals surface area (Å²) in [5, 5.41) is 24.9. The van der Waals surface area contributed by atoms with Gasteiger partial charge in [0.1, 0.15) is 22.9 Å². The number of hydrogen-bond donors (Lipinski definition) is 3. The molecule has 6 heteroatoms.